The maximum atomic E-state index is 13.5. The predicted octanol–water partition coefficient (Wildman–Crippen LogP) is 4.20. The molecule has 0 saturated heterocycles. The van der Waals surface area contributed by atoms with Gasteiger partial charge in [0.15, 0.2) is 4.77 Å². The van der Waals surface area contributed by atoms with Crippen LogP contribution in [0.4, 0.5) is 4.39 Å². The lowest BCUT2D eigenvalue weighted by atomic mass is 10.2. The number of benzene rings is 1. The monoisotopic (exact) mass is 332 g/mol. The standard InChI is InChI=1S/C12H14BrFN2OS/c1-7(3-4-17-2)16-11-5-8(13)9(14)6-10(11)15-12(16)18/h5-7H,3-4H2,1-2H3,(H,15,18). The predicted molar refractivity (Wildman–Crippen MR) is 76.0 cm³/mol. The lowest BCUT2D eigenvalue weighted by molar-refractivity contribution is 0.181. The summed E-state index contributed by atoms with van der Waals surface area (Å²) in [7, 11) is 1.67. The number of imidazole rings is 1. The van der Waals surface area contributed by atoms with Gasteiger partial charge >= 0.3 is 0 Å². The minimum Gasteiger partial charge on any atom is -0.385 e. The zero-order valence-corrected chi connectivity index (χ0v) is 12.6. The van der Waals surface area contributed by atoms with E-state index in [2.05, 4.69) is 27.8 Å². The van der Waals surface area contributed by atoms with E-state index in [1.807, 2.05) is 4.57 Å². The Morgan fingerprint density at radius 3 is 2.94 bits per heavy atom. The molecule has 0 fully saturated rings. The van der Waals surface area contributed by atoms with E-state index in [1.165, 1.54) is 6.07 Å². The van der Waals surface area contributed by atoms with Crippen LogP contribution in [0.1, 0.15) is 19.4 Å². The van der Waals surface area contributed by atoms with Crippen LogP contribution in [0.5, 0.6) is 0 Å². The fraction of sp³-hybridized carbons (Fsp3) is 0.417. The highest BCUT2D eigenvalue weighted by molar-refractivity contribution is 9.10. The van der Waals surface area contributed by atoms with Crippen LogP contribution in [-0.2, 0) is 4.74 Å². The van der Waals surface area contributed by atoms with Crippen molar-refractivity contribution < 1.29 is 9.13 Å². The molecule has 2 aromatic rings. The highest BCUT2D eigenvalue weighted by atomic mass is 79.9. The van der Waals surface area contributed by atoms with Gasteiger partial charge < -0.3 is 14.3 Å². The molecule has 0 saturated carbocycles. The van der Waals surface area contributed by atoms with Crippen molar-refractivity contribution >= 4 is 39.2 Å². The number of nitrogens with zero attached hydrogens (tertiary/aromatic N) is 1. The molecule has 1 aromatic heterocycles. The van der Waals surface area contributed by atoms with E-state index < -0.39 is 0 Å². The van der Waals surface area contributed by atoms with Gasteiger partial charge in [-0.15, -0.1) is 0 Å². The van der Waals surface area contributed by atoms with E-state index >= 15 is 0 Å². The SMILES string of the molecule is COCCC(C)n1c(=S)[nH]c2cc(F)c(Br)cc21. The summed E-state index contributed by atoms with van der Waals surface area (Å²) in [5.41, 5.74) is 1.61. The molecule has 98 valence electrons. The molecule has 6 heteroatoms. The number of H-pyrrole nitrogens is 1. The molecule has 0 amide bonds. The normalized spacial score (nSPS) is 13.1. The fourth-order valence-corrected chi connectivity index (χ4v) is 2.70. The Kier molecular flexibility index (Phi) is 4.19. The molecule has 1 heterocycles. The maximum Gasteiger partial charge on any atom is 0.178 e. The largest absolute Gasteiger partial charge is 0.385 e. The Labute approximate surface area is 118 Å². The third kappa shape index (κ3) is 2.50. The Morgan fingerprint density at radius 1 is 1.56 bits per heavy atom. The van der Waals surface area contributed by atoms with Gasteiger partial charge in [0.25, 0.3) is 0 Å². The second-order valence-corrected chi connectivity index (χ2v) is 5.46. The number of ether oxygens (including phenoxy) is 1. The Balaban J connectivity index is 2.53. The topological polar surface area (TPSA) is 29.9 Å². The van der Waals surface area contributed by atoms with E-state index in [1.54, 1.807) is 13.2 Å². The number of halogens is 2. The highest BCUT2D eigenvalue weighted by Crippen LogP contribution is 2.26. The lowest BCUT2D eigenvalue weighted by Gasteiger charge is -2.14. The van der Waals surface area contributed by atoms with Crippen molar-refractivity contribution in [2.75, 3.05) is 13.7 Å². The van der Waals surface area contributed by atoms with Crippen LogP contribution >= 0.6 is 28.1 Å². The van der Waals surface area contributed by atoms with Crippen LogP contribution in [0.25, 0.3) is 11.0 Å². The number of rotatable bonds is 4. The average molecular weight is 333 g/mol. The molecule has 0 spiro atoms. The minimum absolute atomic E-state index is 0.198. The van der Waals surface area contributed by atoms with Gasteiger partial charge in [0.2, 0.25) is 0 Å². The van der Waals surface area contributed by atoms with Gasteiger partial charge in [-0.2, -0.15) is 0 Å². The molecule has 18 heavy (non-hydrogen) atoms. The van der Waals surface area contributed by atoms with Gasteiger partial charge in [-0.05, 0) is 47.6 Å². The zero-order chi connectivity index (χ0) is 13.3. The van der Waals surface area contributed by atoms with Gasteiger partial charge in [-0.3, -0.25) is 0 Å². The second-order valence-electron chi connectivity index (χ2n) is 4.21. The fourth-order valence-electron chi connectivity index (χ4n) is 1.98. The number of methoxy groups -OCH3 is 1. The second kappa shape index (κ2) is 5.50. The molecule has 1 aromatic carbocycles. The molecule has 0 bridgehead atoms. The molecule has 0 aliphatic rings. The van der Waals surface area contributed by atoms with Gasteiger partial charge in [0.05, 0.1) is 15.5 Å². The van der Waals surface area contributed by atoms with Crippen molar-refractivity contribution in [3.8, 4) is 0 Å². The Morgan fingerprint density at radius 2 is 2.28 bits per heavy atom. The van der Waals surface area contributed by atoms with Crippen LogP contribution in [0.2, 0.25) is 0 Å². The summed E-state index contributed by atoms with van der Waals surface area (Å²) in [6.45, 7) is 2.73. The first-order valence-corrected chi connectivity index (χ1v) is 6.83. The number of nitrogens with one attached hydrogen (secondary N) is 1. The van der Waals surface area contributed by atoms with E-state index in [0.29, 0.717) is 21.4 Å². The first kappa shape index (κ1) is 13.7. The van der Waals surface area contributed by atoms with Crippen LogP contribution < -0.4 is 0 Å². The van der Waals surface area contributed by atoms with Crippen molar-refractivity contribution in [2.45, 2.75) is 19.4 Å². The van der Waals surface area contributed by atoms with Crippen molar-refractivity contribution in [2.24, 2.45) is 0 Å². The zero-order valence-electron chi connectivity index (χ0n) is 10.2. The number of hydrogen-bond acceptors (Lipinski definition) is 2. The van der Waals surface area contributed by atoms with Crippen LogP contribution in [-0.4, -0.2) is 23.3 Å². The summed E-state index contributed by atoms with van der Waals surface area (Å²) in [4.78, 5) is 3.03. The van der Waals surface area contributed by atoms with E-state index in [9.17, 15) is 4.39 Å². The molecule has 2 rings (SSSR count). The van der Waals surface area contributed by atoms with E-state index in [4.69, 9.17) is 17.0 Å². The van der Waals surface area contributed by atoms with E-state index in [-0.39, 0.29) is 11.9 Å². The van der Waals surface area contributed by atoms with Crippen molar-refractivity contribution in [1.82, 2.24) is 9.55 Å². The quantitative estimate of drug-likeness (QED) is 0.850. The summed E-state index contributed by atoms with van der Waals surface area (Å²) in [5.74, 6) is -0.296. The number of aromatic amines is 1. The smallest absolute Gasteiger partial charge is 0.178 e. The van der Waals surface area contributed by atoms with Gasteiger partial charge in [0, 0.05) is 25.8 Å². The van der Waals surface area contributed by atoms with Gasteiger partial charge in [-0.1, -0.05) is 0 Å². The number of fused-ring (bicyclic) bond motifs is 1. The third-order valence-corrected chi connectivity index (χ3v) is 3.85. The van der Waals surface area contributed by atoms with Crippen LogP contribution in [0.15, 0.2) is 16.6 Å². The number of aromatic nitrogens is 2. The van der Waals surface area contributed by atoms with Crippen molar-refractivity contribution in [3.63, 3.8) is 0 Å². The molecule has 0 aliphatic carbocycles. The highest BCUT2D eigenvalue weighted by Gasteiger charge is 2.13. The molecule has 3 nitrogen and oxygen atoms in total. The van der Waals surface area contributed by atoms with Crippen LogP contribution in [0, 0.1) is 10.6 Å². The summed E-state index contributed by atoms with van der Waals surface area (Å²) in [6, 6.07) is 3.40. The number of hydrogen-bond donors (Lipinski definition) is 1. The molecular formula is C12H14BrFN2OS. The third-order valence-electron chi connectivity index (χ3n) is 2.94. The molecule has 0 radical (unpaired) electrons. The molecule has 1 unspecified atom stereocenters. The summed E-state index contributed by atoms with van der Waals surface area (Å²) in [6.07, 6.45) is 0.854. The van der Waals surface area contributed by atoms with E-state index in [0.717, 1.165) is 11.9 Å². The first-order valence-electron chi connectivity index (χ1n) is 5.62. The lowest BCUT2D eigenvalue weighted by Crippen LogP contribution is -2.08. The average Bonchev–Trinajstić information content (AvgIpc) is 2.62. The van der Waals surface area contributed by atoms with Crippen molar-refractivity contribution in [1.29, 1.82) is 0 Å². The Hall–Kier alpha value is -0.720. The van der Waals surface area contributed by atoms with Crippen LogP contribution in [0.3, 0.4) is 0 Å². The molecule has 0 aliphatic heterocycles. The van der Waals surface area contributed by atoms with Crippen molar-refractivity contribution in [3.05, 3.63) is 27.2 Å². The maximum absolute atomic E-state index is 13.5. The van der Waals surface area contributed by atoms with Gasteiger partial charge in [-0.25, -0.2) is 4.39 Å². The summed E-state index contributed by atoms with van der Waals surface area (Å²) >= 11 is 8.50. The molecular weight excluding hydrogens is 319 g/mol. The Bertz CT molecular complexity index is 622. The molecule has 1 atom stereocenters. The first-order chi connectivity index (χ1) is 8.54. The molecule has 1 N–H and O–H groups in total. The minimum atomic E-state index is -0.296. The summed E-state index contributed by atoms with van der Waals surface area (Å²) in [5, 5.41) is 0. The van der Waals surface area contributed by atoms with Gasteiger partial charge in [0.1, 0.15) is 5.82 Å². The summed E-state index contributed by atoms with van der Waals surface area (Å²) < 4.78 is 21.6.